The lowest BCUT2D eigenvalue weighted by Gasteiger charge is -2.30. The predicted octanol–water partition coefficient (Wildman–Crippen LogP) is 3.61. The van der Waals surface area contributed by atoms with Crippen LogP contribution in [-0.4, -0.2) is 41.0 Å². The van der Waals surface area contributed by atoms with E-state index >= 15 is 0 Å². The molecule has 2 aromatic rings. The van der Waals surface area contributed by atoms with Gasteiger partial charge in [0.05, 0.1) is 6.04 Å². The van der Waals surface area contributed by atoms with Gasteiger partial charge in [0.15, 0.2) is 0 Å². The Bertz CT molecular complexity index is 882. The fraction of sp³-hybridized carbons (Fsp3) is 0.440. The number of fused-ring (bicyclic) bond motifs is 1. The molecule has 0 spiro atoms. The van der Waals surface area contributed by atoms with Crippen LogP contribution in [0, 0.1) is 0 Å². The van der Waals surface area contributed by atoms with Crippen molar-refractivity contribution in [2.45, 2.75) is 58.0 Å². The number of carbonyl (C=O) groups excluding carboxylic acids is 2. The second kappa shape index (κ2) is 11.0. The number of phenols is 1. The third-order valence-electron chi connectivity index (χ3n) is 5.85. The van der Waals surface area contributed by atoms with Crippen LogP contribution in [0.15, 0.2) is 48.5 Å². The first-order valence-electron chi connectivity index (χ1n) is 11.1. The lowest BCUT2D eigenvalue weighted by molar-refractivity contribution is -0.133. The van der Waals surface area contributed by atoms with E-state index in [-0.39, 0.29) is 17.6 Å². The molecule has 6 heteroatoms. The molecule has 1 aliphatic heterocycles. The Kier molecular flexibility index (Phi) is 8.06. The summed E-state index contributed by atoms with van der Waals surface area (Å²) in [5.41, 5.74) is 9.06. The second-order valence-electron chi connectivity index (χ2n) is 8.30. The number of rotatable bonds is 3. The SMILES string of the molecule is CC(=O)N1CCCCCCCN(C(=O)[C@@H](N)Cc2ccc(O)cc2)Cc2ccccc21. The third-order valence-corrected chi connectivity index (χ3v) is 5.85. The minimum Gasteiger partial charge on any atom is -0.508 e. The third kappa shape index (κ3) is 6.31. The fourth-order valence-corrected chi connectivity index (χ4v) is 4.14. The standard InChI is InChI=1S/C25H33N3O3/c1-19(29)28-16-8-4-2-3-7-15-27(18-21-9-5-6-10-24(21)28)25(31)23(26)17-20-11-13-22(30)14-12-20/h5-6,9-14,23,30H,2-4,7-8,15-18,26H2,1H3/t23-/m0/s1. The molecule has 2 amide bonds. The molecule has 166 valence electrons. The molecule has 0 radical (unpaired) electrons. The van der Waals surface area contributed by atoms with Gasteiger partial charge in [0, 0.05) is 32.2 Å². The van der Waals surface area contributed by atoms with Gasteiger partial charge in [-0.05, 0) is 48.6 Å². The summed E-state index contributed by atoms with van der Waals surface area (Å²) in [5.74, 6) is 0.124. The molecule has 1 aliphatic rings. The molecule has 6 nitrogen and oxygen atoms in total. The van der Waals surface area contributed by atoms with Crippen LogP contribution >= 0.6 is 0 Å². The smallest absolute Gasteiger partial charge is 0.240 e. The van der Waals surface area contributed by atoms with Crippen molar-refractivity contribution in [2.24, 2.45) is 5.73 Å². The van der Waals surface area contributed by atoms with Crippen LogP contribution in [0.3, 0.4) is 0 Å². The summed E-state index contributed by atoms with van der Waals surface area (Å²) in [7, 11) is 0. The van der Waals surface area contributed by atoms with Crippen molar-refractivity contribution in [3.8, 4) is 5.75 Å². The summed E-state index contributed by atoms with van der Waals surface area (Å²) in [6.45, 7) is 3.37. The molecular weight excluding hydrogens is 390 g/mol. The van der Waals surface area contributed by atoms with E-state index in [0.29, 0.717) is 26.1 Å². The highest BCUT2D eigenvalue weighted by atomic mass is 16.3. The highest BCUT2D eigenvalue weighted by Crippen LogP contribution is 2.25. The van der Waals surface area contributed by atoms with E-state index < -0.39 is 6.04 Å². The van der Waals surface area contributed by atoms with Gasteiger partial charge in [0.1, 0.15) is 5.75 Å². The van der Waals surface area contributed by atoms with Gasteiger partial charge in [-0.3, -0.25) is 9.59 Å². The summed E-state index contributed by atoms with van der Waals surface area (Å²) < 4.78 is 0. The van der Waals surface area contributed by atoms with Crippen molar-refractivity contribution in [2.75, 3.05) is 18.0 Å². The molecule has 0 bridgehead atoms. The van der Waals surface area contributed by atoms with E-state index in [1.807, 2.05) is 34.1 Å². The van der Waals surface area contributed by atoms with Crippen molar-refractivity contribution < 1.29 is 14.7 Å². The number of benzene rings is 2. The molecule has 0 saturated carbocycles. The Labute approximate surface area is 184 Å². The number of amides is 2. The average molecular weight is 424 g/mol. The number of para-hydroxylation sites is 1. The molecule has 31 heavy (non-hydrogen) atoms. The van der Waals surface area contributed by atoms with Crippen molar-refractivity contribution >= 4 is 17.5 Å². The number of phenolic OH excluding ortho intramolecular Hbond substituents is 1. The molecule has 0 aromatic heterocycles. The molecule has 1 atom stereocenters. The van der Waals surface area contributed by atoms with Gasteiger partial charge < -0.3 is 20.6 Å². The maximum absolute atomic E-state index is 13.3. The Morgan fingerprint density at radius 3 is 2.32 bits per heavy atom. The van der Waals surface area contributed by atoms with Crippen LogP contribution in [0.1, 0.15) is 50.2 Å². The molecule has 0 saturated heterocycles. The van der Waals surface area contributed by atoms with E-state index in [0.717, 1.165) is 48.9 Å². The number of aromatic hydroxyl groups is 1. The molecular formula is C25H33N3O3. The van der Waals surface area contributed by atoms with Gasteiger partial charge >= 0.3 is 0 Å². The van der Waals surface area contributed by atoms with Crippen LogP contribution in [-0.2, 0) is 22.6 Å². The molecule has 3 N–H and O–H groups in total. The van der Waals surface area contributed by atoms with Crippen LogP contribution in [0.2, 0.25) is 0 Å². The van der Waals surface area contributed by atoms with Crippen LogP contribution in [0.25, 0.3) is 0 Å². The normalized spacial score (nSPS) is 16.6. The summed E-state index contributed by atoms with van der Waals surface area (Å²) in [4.78, 5) is 29.3. The highest BCUT2D eigenvalue weighted by Gasteiger charge is 2.24. The van der Waals surface area contributed by atoms with Crippen LogP contribution < -0.4 is 10.6 Å². The predicted molar refractivity (Wildman–Crippen MR) is 123 cm³/mol. The minimum absolute atomic E-state index is 0.0198. The van der Waals surface area contributed by atoms with Crippen molar-refractivity contribution in [3.05, 3.63) is 59.7 Å². The molecule has 2 aromatic carbocycles. The van der Waals surface area contributed by atoms with E-state index in [1.54, 1.807) is 31.2 Å². The van der Waals surface area contributed by atoms with E-state index in [2.05, 4.69) is 0 Å². The number of hydrogen-bond donors (Lipinski definition) is 2. The fourth-order valence-electron chi connectivity index (χ4n) is 4.14. The molecule has 1 heterocycles. The van der Waals surface area contributed by atoms with Gasteiger partial charge in [0.2, 0.25) is 11.8 Å². The first kappa shape index (κ1) is 22.8. The first-order valence-corrected chi connectivity index (χ1v) is 11.1. The summed E-state index contributed by atoms with van der Waals surface area (Å²) >= 11 is 0. The number of carbonyl (C=O) groups is 2. The zero-order chi connectivity index (χ0) is 22.2. The first-order chi connectivity index (χ1) is 15.0. The number of nitrogens with zero attached hydrogens (tertiary/aromatic N) is 2. The zero-order valence-corrected chi connectivity index (χ0v) is 18.3. The van der Waals surface area contributed by atoms with Crippen molar-refractivity contribution in [1.29, 1.82) is 0 Å². The molecule has 0 fully saturated rings. The van der Waals surface area contributed by atoms with Gasteiger partial charge in [-0.1, -0.05) is 49.6 Å². The number of hydrogen-bond acceptors (Lipinski definition) is 4. The largest absolute Gasteiger partial charge is 0.508 e. The lowest BCUT2D eigenvalue weighted by atomic mass is 10.0. The summed E-state index contributed by atoms with van der Waals surface area (Å²) in [6, 6.07) is 14.0. The Morgan fingerprint density at radius 1 is 0.968 bits per heavy atom. The van der Waals surface area contributed by atoms with Crippen molar-refractivity contribution in [1.82, 2.24) is 4.90 Å². The van der Waals surface area contributed by atoms with Gasteiger partial charge in [-0.15, -0.1) is 0 Å². The van der Waals surface area contributed by atoms with Crippen LogP contribution in [0.5, 0.6) is 5.75 Å². The number of nitrogens with two attached hydrogens (primary N) is 1. The average Bonchev–Trinajstić information content (AvgIpc) is 2.75. The number of anilines is 1. The molecule has 3 rings (SSSR count). The van der Waals surface area contributed by atoms with Crippen LogP contribution in [0.4, 0.5) is 5.69 Å². The highest BCUT2D eigenvalue weighted by molar-refractivity contribution is 5.92. The van der Waals surface area contributed by atoms with Gasteiger partial charge in [0.25, 0.3) is 0 Å². The Hall–Kier alpha value is -2.86. The van der Waals surface area contributed by atoms with E-state index in [4.69, 9.17) is 5.73 Å². The molecule has 0 aliphatic carbocycles. The molecule has 0 unspecified atom stereocenters. The van der Waals surface area contributed by atoms with E-state index in [9.17, 15) is 14.7 Å². The zero-order valence-electron chi connectivity index (χ0n) is 18.3. The maximum Gasteiger partial charge on any atom is 0.240 e. The summed E-state index contributed by atoms with van der Waals surface area (Å²) in [6.07, 6.45) is 5.55. The summed E-state index contributed by atoms with van der Waals surface area (Å²) in [5, 5.41) is 9.47. The second-order valence-corrected chi connectivity index (χ2v) is 8.30. The minimum atomic E-state index is -0.659. The quantitative estimate of drug-likeness (QED) is 0.790. The maximum atomic E-state index is 13.3. The topological polar surface area (TPSA) is 86.9 Å². The van der Waals surface area contributed by atoms with Crippen molar-refractivity contribution in [3.63, 3.8) is 0 Å². The van der Waals surface area contributed by atoms with E-state index in [1.165, 1.54) is 0 Å². The van der Waals surface area contributed by atoms with Gasteiger partial charge in [-0.25, -0.2) is 0 Å². The Morgan fingerprint density at radius 2 is 1.61 bits per heavy atom. The monoisotopic (exact) mass is 423 g/mol. The Balaban J connectivity index is 1.82. The lowest BCUT2D eigenvalue weighted by Crippen LogP contribution is -2.45. The van der Waals surface area contributed by atoms with Gasteiger partial charge in [-0.2, -0.15) is 0 Å².